The van der Waals surface area contributed by atoms with Crippen molar-refractivity contribution in [3.05, 3.63) is 28.8 Å². The number of hydrogen-bond donors (Lipinski definition) is 2. The standard InChI is InChI=1S/C11H18N2O/c1-7-6-11(14-4)8(2)5-10(7)9(3)13-12/h5-6,9,13H,12H2,1-4H3. The zero-order valence-corrected chi connectivity index (χ0v) is 9.22. The highest BCUT2D eigenvalue weighted by Gasteiger charge is 2.09. The second-order valence-electron chi connectivity index (χ2n) is 3.57. The average Bonchev–Trinajstić information content (AvgIpc) is 2.19. The van der Waals surface area contributed by atoms with E-state index in [9.17, 15) is 0 Å². The van der Waals surface area contributed by atoms with Gasteiger partial charge in [0.05, 0.1) is 7.11 Å². The van der Waals surface area contributed by atoms with Crippen LogP contribution in [0.3, 0.4) is 0 Å². The lowest BCUT2D eigenvalue weighted by Gasteiger charge is -2.16. The lowest BCUT2D eigenvalue weighted by Crippen LogP contribution is -2.26. The third-order valence-corrected chi connectivity index (χ3v) is 2.50. The fourth-order valence-electron chi connectivity index (χ4n) is 1.59. The van der Waals surface area contributed by atoms with E-state index >= 15 is 0 Å². The Kier molecular flexibility index (Phi) is 3.49. The number of benzene rings is 1. The quantitative estimate of drug-likeness (QED) is 0.570. The molecule has 3 heteroatoms. The monoisotopic (exact) mass is 194 g/mol. The van der Waals surface area contributed by atoms with E-state index in [1.807, 2.05) is 19.9 Å². The predicted molar refractivity (Wildman–Crippen MR) is 58.2 cm³/mol. The predicted octanol–water partition coefficient (Wildman–Crippen LogP) is 1.84. The van der Waals surface area contributed by atoms with Crippen molar-refractivity contribution in [2.45, 2.75) is 26.8 Å². The molecule has 0 heterocycles. The van der Waals surface area contributed by atoms with Crippen molar-refractivity contribution in [1.82, 2.24) is 5.43 Å². The fourth-order valence-corrected chi connectivity index (χ4v) is 1.59. The molecular weight excluding hydrogens is 176 g/mol. The first-order valence-corrected chi connectivity index (χ1v) is 4.71. The van der Waals surface area contributed by atoms with Crippen molar-refractivity contribution < 1.29 is 4.74 Å². The maximum Gasteiger partial charge on any atom is 0.122 e. The van der Waals surface area contributed by atoms with Crippen molar-refractivity contribution >= 4 is 0 Å². The third-order valence-electron chi connectivity index (χ3n) is 2.50. The summed E-state index contributed by atoms with van der Waals surface area (Å²) in [6.07, 6.45) is 0. The Morgan fingerprint density at radius 1 is 1.29 bits per heavy atom. The fraction of sp³-hybridized carbons (Fsp3) is 0.455. The van der Waals surface area contributed by atoms with Crippen LogP contribution < -0.4 is 16.0 Å². The smallest absolute Gasteiger partial charge is 0.122 e. The molecule has 3 N–H and O–H groups in total. The van der Waals surface area contributed by atoms with Gasteiger partial charge in [-0.25, -0.2) is 0 Å². The number of nitrogens with two attached hydrogens (primary N) is 1. The molecule has 0 spiro atoms. The van der Waals surface area contributed by atoms with Gasteiger partial charge in [0.1, 0.15) is 5.75 Å². The maximum atomic E-state index is 5.41. The summed E-state index contributed by atoms with van der Waals surface area (Å²) in [6.45, 7) is 6.13. The van der Waals surface area contributed by atoms with E-state index in [1.165, 1.54) is 11.1 Å². The Morgan fingerprint density at radius 2 is 1.93 bits per heavy atom. The highest BCUT2D eigenvalue weighted by molar-refractivity contribution is 5.42. The first-order valence-electron chi connectivity index (χ1n) is 4.71. The highest BCUT2D eigenvalue weighted by atomic mass is 16.5. The van der Waals surface area contributed by atoms with Gasteiger partial charge in [-0.1, -0.05) is 6.07 Å². The minimum absolute atomic E-state index is 0.166. The molecule has 1 aromatic rings. The van der Waals surface area contributed by atoms with Crippen LogP contribution in [0.5, 0.6) is 5.75 Å². The van der Waals surface area contributed by atoms with Crippen LogP contribution in [0.2, 0.25) is 0 Å². The van der Waals surface area contributed by atoms with Crippen LogP contribution in [-0.4, -0.2) is 7.11 Å². The van der Waals surface area contributed by atoms with Crippen LogP contribution in [0.1, 0.15) is 29.7 Å². The van der Waals surface area contributed by atoms with E-state index in [-0.39, 0.29) is 6.04 Å². The van der Waals surface area contributed by atoms with Gasteiger partial charge in [-0.15, -0.1) is 0 Å². The van der Waals surface area contributed by atoms with E-state index in [2.05, 4.69) is 18.4 Å². The van der Waals surface area contributed by atoms with Crippen LogP contribution in [-0.2, 0) is 0 Å². The van der Waals surface area contributed by atoms with Gasteiger partial charge in [0, 0.05) is 6.04 Å². The summed E-state index contributed by atoms with van der Waals surface area (Å²) >= 11 is 0. The number of hydrazine groups is 1. The molecule has 1 rings (SSSR count). The molecule has 0 aliphatic carbocycles. The van der Waals surface area contributed by atoms with Gasteiger partial charge in [0.25, 0.3) is 0 Å². The van der Waals surface area contributed by atoms with Gasteiger partial charge in [0.15, 0.2) is 0 Å². The van der Waals surface area contributed by atoms with Crippen molar-refractivity contribution in [2.75, 3.05) is 7.11 Å². The second kappa shape index (κ2) is 4.44. The number of hydrogen-bond acceptors (Lipinski definition) is 3. The van der Waals surface area contributed by atoms with Gasteiger partial charge in [0.2, 0.25) is 0 Å². The maximum absolute atomic E-state index is 5.41. The molecule has 0 aliphatic heterocycles. The Balaban J connectivity index is 3.14. The van der Waals surface area contributed by atoms with Gasteiger partial charge in [-0.3, -0.25) is 11.3 Å². The number of methoxy groups -OCH3 is 1. The van der Waals surface area contributed by atoms with E-state index in [0.717, 1.165) is 11.3 Å². The Hall–Kier alpha value is -1.06. The lowest BCUT2D eigenvalue weighted by molar-refractivity contribution is 0.411. The Morgan fingerprint density at radius 3 is 2.43 bits per heavy atom. The van der Waals surface area contributed by atoms with Crippen molar-refractivity contribution in [1.29, 1.82) is 0 Å². The van der Waals surface area contributed by atoms with Gasteiger partial charge in [-0.05, 0) is 43.5 Å². The first-order chi connectivity index (χ1) is 6.60. The number of rotatable bonds is 3. The molecule has 1 atom stereocenters. The summed E-state index contributed by atoms with van der Waals surface area (Å²) in [4.78, 5) is 0. The molecule has 0 amide bonds. The molecule has 0 saturated heterocycles. The van der Waals surface area contributed by atoms with E-state index in [4.69, 9.17) is 10.6 Å². The largest absolute Gasteiger partial charge is 0.496 e. The summed E-state index contributed by atoms with van der Waals surface area (Å²) < 4.78 is 5.24. The average molecular weight is 194 g/mol. The molecule has 1 aromatic carbocycles. The molecule has 1 unspecified atom stereocenters. The van der Waals surface area contributed by atoms with Crippen LogP contribution in [0.25, 0.3) is 0 Å². The molecule has 0 radical (unpaired) electrons. The molecule has 0 aromatic heterocycles. The Bertz CT molecular complexity index is 323. The lowest BCUT2D eigenvalue weighted by atomic mass is 9.99. The SMILES string of the molecule is COc1cc(C)c(C(C)NN)cc1C. The molecule has 0 bridgehead atoms. The summed E-state index contributed by atoms with van der Waals surface area (Å²) in [5, 5.41) is 0. The molecule has 14 heavy (non-hydrogen) atoms. The van der Waals surface area contributed by atoms with Crippen LogP contribution in [0.15, 0.2) is 12.1 Å². The second-order valence-corrected chi connectivity index (χ2v) is 3.57. The van der Waals surface area contributed by atoms with E-state index in [0.29, 0.717) is 0 Å². The van der Waals surface area contributed by atoms with Crippen molar-refractivity contribution in [2.24, 2.45) is 5.84 Å². The van der Waals surface area contributed by atoms with Crippen LogP contribution in [0.4, 0.5) is 0 Å². The third kappa shape index (κ3) is 2.05. The minimum Gasteiger partial charge on any atom is -0.496 e. The molecule has 0 saturated carbocycles. The minimum atomic E-state index is 0.166. The molecule has 78 valence electrons. The van der Waals surface area contributed by atoms with Gasteiger partial charge >= 0.3 is 0 Å². The van der Waals surface area contributed by atoms with E-state index in [1.54, 1.807) is 7.11 Å². The van der Waals surface area contributed by atoms with Crippen molar-refractivity contribution in [3.63, 3.8) is 0 Å². The summed E-state index contributed by atoms with van der Waals surface area (Å²) in [5.74, 6) is 6.34. The number of ether oxygens (including phenoxy) is 1. The highest BCUT2D eigenvalue weighted by Crippen LogP contribution is 2.25. The zero-order valence-electron chi connectivity index (χ0n) is 9.22. The topological polar surface area (TPSA) is 47.3 Å². The Labute approximate surface area is 85.2 Å². The van der Waals surface area contributed by atoms with E-state index < -0.39 is 0 Å². The molecule has 3 nitrogen and oxygen atoms in total. The summed E-state index contributed by atoms with van der Waals surface area (Å²) in [7, 11) is 1.69. The molecular formula is C11H18N2O. The summed E-state index contributed by atoms with van der Waals surface area (Å²) in [6, 6.07) is 4.32. The molecule has 0 fully saturated rings. The van der Waals surface area contributed by atoms with Crippen LogP contribution >= 0.6 is 0 Å². The number of nitrogens with one attached hydrogen (secondary N) is 1. The van der Waals surface area contributed by atoms with Crippen molar-refractivity contribution in [3.8, 4) is 5.75 Å². The number of aryl methyl sites for hydroxylation is 2. The normalized spacial score (nSPS) is 12.6. The summed E-state index contributed by atoms with van der Waals surface area (Å²) in [5.41, 5.74) is 6.29. The first kappa shape index (κ1) is 11.0. The molecule has 0 aliphatic rings. The van der Waals surface area contributed by atoms with Crippen LogP contribution in [0, 0.1) is 13.8 Å². The zero-order chi connectivity index (χ0) is 10.7. The van der Waals surface area contributed by atoms with Gasteiger partial charge in [-0.2, -0.15) is 0 Å². The van der Waals surface area contributed by atoms with Gasteiger partial charge < -0.3 is 4.74 Å².